The van der Waals surface area contributed by atoms with Gasteiger partial charge in [0, 0.05) is 16.8 Å². The Morgan fingerprint density at radius 1 is 1.24 bits per heavy atom. The number of nitrogens with one attached hydrogen (secondary N) is 2. The zero-order valence-corrected chi connectivity index (χ0v) is 14.7. The van der Waals surface area contributed by atoms with Crippen molar-refractivity contribution < 1.29 is 14.7 Å². The van der Waals surface area contributed by atoms with Crippen molar-refractivity contribution in [2.75, 3.05) is 5.32 Å². The lowest BCUT2D eigenvalue weighted by Gasteiger charge is -2.23. The van der Waals surface area contributed by atoms with Crippen molar-refractivity contribution in [3.8, 4) is 5.75 Å². The van der Waals surface area contributed by atoms with Gasteiger partial charge in [0.15, 0.2) is 11.6 Å². The van der Waals surface area contributed by atoms with E-state index in [4.69, 9.17) is 11.6 Å². The molecule has 2 atom stereocenters. The van der Waals surface area contributed by atoms with Crippen molar-refractivity contribution in [2.24, 2.45) is 5.92 Å². The average Bonchev–Trinajstić information content (AvgIpc) is 2.61. The van der Waals surface area contributed by atoms with Gasteiger partial charge in [-0.05, 0) is 42.3 Å². The highest BCUT2D eigenvalue weighted by atomic mass is 35.5. The van der Waals surface area contributed by atoms with E-state index in [1.807, 2.05) is 13.8 Å². The number of aromatic hydroxyl groups is 1. The highest BCUT2D eigenvalue weighted by Gasteiger charge is 2.27. The summed E-state index contributed by atoms with van der Waals surface area (Å²) in [5.74, 6) is -1.00. The number of rotatable bonds is 6. The fourth-order valence-corrected chi connectivity index (χ4v) is 2.34. The van der Waals surface area contributed by atoms with Gasteiger partial charge in [-0.25, -0.2) is 4.98 Å². The molecule has 2 unspecified atom stereocenters. The van der Waals surface area contributed by atoms with Crippen LogP contribution in [0.4, 0.5) is 5.82 Å². The summed E-state index contributed by atoms with van der Waals surface area (Å²) >= 11 is 5.82. The lowest BCUT2D eigenvalue weighted by Crippen LogP contribution is -2.47. The normalized spacial score (nSPS) is 12.9. The molecule has 1 heterocycles. The highest BCUT2D eigenvalue weighted by molar-refractivity contribution is 6.30. The summed E-state index contributed by atoms with van der Waals surface area (Å²) in [4.78, 5) is 28.9. The average molecular weight is 362 g/mol. The van der Waals surface area contributed by atoms with E-state index in [0.29, 0.717) is 17.0 Å². The first-order valence-electron chi connectivity index (χ1n) is 7.93. The molecular formula is C18H20ClN3O3. The number of amides is 2. The number of halogens is 1. The monoisotopic (exact) mass is 361 g/mol. The lowest BCUT2D eigenvalue weighted by molar-refractivity contribution is -0.119. The number of aromatic nitrogens is 1. The van der Waals surface area contributed by atoms with Crippen LogP contribution in [0.2, 0.25) is 5.02 Å². The molecule has 0 spiro atoms. The molecule has 1 aromatic carbocycles. The topological polar surface area (TPSA) is 91.3 Å². The molecule has 0 fully saturated rings. The van der Waals surface area contributed by atoms with E-state index in [-0.39, 0.29) is 23.4 Å². The molecule has 0 saturated carbocycles. The first-order chi connectivity index (χ1) is 11.9. The SMILES string of the molecule is CCC(C)C(NC(=O)c1ccc(Cl)cc1)C(=O)Nc1ncccc1O. The summed E-state index contributed by atoms with van der Waals surface area (Å²) in [5, 5.41) is 15.6. The van der Waals surface area contributed by atoms with Crippen LogP contribution in [0.25, 0.3) is 0 Å². The molecule has 0 aliphatic heterocycles. The second kappa shape index (κ2) is 8.48. The predicted molar refractivity (Wildman–Crippen MR) is 96.7 cm³/mol. The fourth-order valence-electron chi connectivity index (χ4n) is 2.22. The first-order valence-corrected chi connectivity index (χ1v) is 8.31. The van der Waals surface area contributed by atoms with E-state index >= 15 is 0 Å². The summed E-state index contributed by atoms with van der Waals surface area (Å²) in [7, 11) is 0. The number of anilines is 1. The molecular weight excluding hydrogens is 342 g/mol. The van der Waals surface area contributed by atoms with Gasteiger partial charge >= 0.3 is 0 Å². The maximum atomic E-state index is 12.6. The molecule has 3 N–H and O–H groups in total. The van der Waals surface area contributed by atoms with Crippen LogP contribution in [0.15, 0.2) is 42.6 Å². The van der Waals surface area contributed by atoms with Gasteiger partial charge in [-0.1, -0.05) is 31.9 Å². The third-order valence-corrected chi connectivity index (χ3v) is 4.17. The van der Waals surface area contributed by atoms with Gasteiger partial charge in [-0.15, -0.1) is 0 Å². The highest BCUT2D eigenvalue weighted by Crippen LogP contribution is 2.20. The second-order valence-electron chi connectivity index (χ2n) is 5.70. The zero-order chi connectivity index (χ0) is 18.4. The van der Waals surface area contributed by atoms with Crippen molar-refractivity contribution in [2.45, 2.75) is 26.3 Å². The molecule has 132 valence electrons. The number of nitrogens with zero attached hydrogens (tertiary/aromatic N) is 1. The maximum Gasteiger partial charge on any atom is 0.251 e. The molecule has 0 aliphatic rings. The standard InChI is InChI=1S/C18H20ClN3O3/c1-3-11(2)15(18(25)22-16-14(23)5-4-10-20-16)21-17(24)12-6-8-13(19)9-7-12/h4-11,15,23H,3H2,1-2H3,(H,21,24)(H,20,22,25). The molecule has 0 saturated heterocycles. The Labute approximate surface area is 151 Å². The predicted octanol–water partition coefficient (Wildman–Crippen LogP) is 3.22. The molecule has 2 rings (SSSR count). The van der Waals surface area contributed by atoms with E-state index < -0.39 is 11.9 Å². The van der Waals surface area contributed by atoms with Gasteiger partial charge in [0.25, 0.3) is 5.91 Å². The van der Waals surface area contributed by atoms with Crippen molar-refractivity contribution in [3.05, 3.63) is 53.2 Å². The summed E-state index contributed by atoms with van der Waals surface area (Å²) in [6.45, 7) is 3.79. The minimum atomic E-state index is -0.769. The lowest BCUT2D eigenvalue weighted by atomic mass is 9.98. The molecule has 0 radical (unpaired) electrons. The Balaban J connectivity index is 2.15. The largest absolute Gasteiger partial charge is 0.504 e. The van der Waals surface area contributed by atoms with Crippen molar-refractivity contribution in [3.63, 3.8) is 0 Å². The number of carbonyl (C=O) groups excluding carboxylic acids is 2. The molecule has 2 aromatic rings. The summed E-state index contributed by atoms with van der Waals surface area (Å²) in [5.41, 5.74) is 0.409. The van der Waals surface area contributed by atoms with Crippen LogP contribution < -0.4 is 10.6 Å². The Morgan fingerprint density at radius 2 is 1.92 bits per heavy atom. The third kappa shape index (κ3) is 4.93. The van der Waals surface area contributed by atoms with Gasteiger partial charge in [-0.3, -0.25) is 9.59 Å². The molecule has 0 aliphatic carbocycles. The van der Waals surface area contributed by atoms with Crippen LogP contribution in [0.5, 0.6) is 5.75 Å². The van der Waals surface area contributed by atoms with E-state index in [0.717, 1.165) is 0 Å². The Hall–Kier alpha value is -2.60. The summed E-state index contributed by atoms with van der Waals surface area (Å²) < 4.78 is 0. The Morgan fingerprint density at radius 3 is 2.52 bits per heavy atom. The quantitative estimate of drug-likeness (QED) is 0.736. The number of hydrogen-bond donors (Lipinski definition) is 3. The molecule has 25 heavy (non-hydrogen) atoms. The van der Waals surface area contributed by atoms with Crippen LogP contribution in [-0.2, 0) is 4.79 Å². The fraction of sp³-hybridized carbons (Fsp3) is 0.278. The number of hydrogen-bond acceptors (Lipinski definition) is 4. The molecule has 7 heteroatoms. The maximum absolute atomic E-state index is 12.6. The van der Waals surface area contributed by atoms with E-state index in [1.54, 1.807) is 30.3 Å². The van der Waals surface area contributed by atoms with Crippen molar-refractivity contribution >= 4 is 29.2 Å². The van der Waals surface area contributed by atoms with Gasteiger partial charge in [0.2, 0.25) is 5.91 Å². The van der Waals surface area contributed by atoms with Crippen molar-refractivity contribution in [1.29, 1.82) is 0 Å². The summed E-state index contributed by atoms with van der Waals surface area (Å²) in [6.07, 6.45) is 2.15. The van der Waals surface area contributed by atoms with E-state index in [1.165, 1.54) is 12.3 Å². The van der Waals surface area contributed by atoms with Gasteiger partial charge in [-0.2, -0.15) is 0 Å². The smallest absolute Gasteiger partial charge is 0.251 e. The molecule has 1 aromatic heterocycles. The molecule has 6 nitrogen and oxygen atoms in total. The number of pyridine rings is 1. The first kappa shape index (κ1) is 18.7. The third-order valence-electron chi connectivity index (χ3n) is 3.92. The Bertz CT molecular complexity index is 749. The molecule has 2 amide bonds. The van der Waals surface area contributed by atoms with Gasteiger partial charge in [0.05, 0.1) is 0 Å². The number of carbonyl (C=O) groups is 2. The van der Waals surface area contributed by atoms with Crippen molar-refractivity contribution in [1.82, 2.24) is 10.3 Å². The second-order valence-corrected chi connectivity index (χ2v) is 6.14. The molecule has 0 bridgehead atoms. The van der Waals surface area contributed by atoms with Gasteiger partial charge < -0.3 is 15.7 Å². The van der Waals surface area contributed by atoms with Crippen LogP contribution in [0.3, 0.4) is 0 Å². The van der Waals surface area contributed by atoms with E-state index in [9.17, 15) is 14.7 Å². The number of benzene rings is 1. The summed E-state index contributed by atoms with van der Waals surface area (Å²) in [6, 6.07) is 8.62. The van der Waals surface area contributed by atoms with Gasteiger partial charge in [0.1, 0.15) is 6.04 Å². The van der Waals surface area contributed by atoms with E-state index in [2.05, 4.69) is 15.6 Å². The van der Waals surface area contributed by atoms with Crippen LogP contribution in [0.1, 0.15) is 30.6 Å². The Kier molecular flexibility index (Phi) is 6.36. The zero-order valence-electron chi connectivity index (χ0n) is 14.0. The minimum absolute atomic E-state index is 0.0570. The minimum Gasteiger partial charge on any atom is -0.504 e. The van der Waals surface area contributed by atoms with Crippen LogP contribution in [0, 0.1) is 5.92 Å². The van der Waals surface area contributed by atoms with Crippen LogP contribution in [-0.4, -0.2) is 27.9 Å². The van der Waals surface area contributed by atoms with Crippen LogP contribution >= 0.6 is 11.6 Å².